The average molecular weight is 254 g/mol. The van der Waals surface area contributed by atoms with Crippen LogP contribution in [-0.2, 0) is 0 Å². The predicted octanol–water partition coefficient (Wildman–Crippen LogP) is 3.53. The average Bonchev–Trinajstić information content (AvgIpc) is 2.59. The first-order chi connectivity index (χ1) is 7.89. The molecule has 0 amide bonds. The van der Waals surface area contributed by atoms with Crippen LogP contribution in [0.25, 0.3) is 0 Å². The highest BCUT2D eigenvalue weighted by Crippen LogP contribution is 2.67. The summed E-state index contributed by atoms with van der Waals surface area (Å²) >= 11 is 1.94. The summed E-state index contributed by atoms with van der Waals surface area (Å²) in [6.07, 6.45) is 2.56. The number of amidine groups is 1. The van der Waals surface area contributed by atoms with Crippen LogP contribution in [0.5, 0.6) is 0 Å². The van der Waals surface area contributed by atoms with Gasteiger partial charge < -0.3 is 5.32 Å². The first kappa shape index (κ1) is 13.3. The van der Waals surface area contributed by atoms with Crippen molar-refractivity contribution in [1.29, 1.82) is 0 Å². The molecule has 1 aliphatic carbocycles. The molecule has 0 spiro atoms. The Kier molecular flexibility index (Phi) is 3.50. The molecule has 1 fully saturated rings. The van der Waals surface area contributed by atoms with Crippen molar-refractivity contribution in [3.8, 4) is 0 Å². The molecule has 0 radical (unpaired) electrons. The number of hydrogen-bond donors (Lipinski definition) is 1. The van der Waals surface area contributed by atoms with Crippen molar-refractivity contribution in [1.82, 2.24) is 5.32 Å². The SMILES string of the molecule is CCCC1CN=C(NCC2C(C)(C)C2(C)C)S1. The van der Waals surface area contributed by atoms with Crippen LogP contribution in [0, 0.1) is 16.7 Å². The van der Waals surface area contributed by atoms with Crippen molar-refractivity contribution in [3.63, 3.8) is 0 Å². The highest BCUT2D eigenvalue weighted by Gasteiger charge is 2.64. The van der Waals surface area contributed by atoms with Gasteiger partial charge in [0.05, 0.1) is 6.54 Å². The van der Waals surface area contributed by atoms with Gasteiger partial charge in [-0.1, -0.05) is 52.8 Å². The van der Waals surface area contributed by atoms with Crippen molar-refractivity contribution < 1.29 is 0 Å². The van der Waals surface area contributed by atoms with E-state index in [1.807, 2.05) is 11.8 Å². The second-order valence-electron chi connectivity index (χ2n) is 6.55. The van der Waals surface area contributed by atoms with Crippen LogP contribution < -0.4 is 5.32 Å². The summed E-state index contributed by atoms with van der Waals surface area (Å²) in [5, 5.41) is 5.46. The zero-order valence-electron chi connectivity index (χ0n) is 11.8. The molecule has 1 heterocycles. The lowest BCUT2D eigenvalue weighted by Crippen LogP contribution is -2.24. The zero-order chi connectivity index (χ0) is 12.7. The third-order valence-electron chi connectivity index (χ3n) is 5.10. The van der Waals surface area contributed by atoms with E-state index in [-0.39, 0.29) is 0 Å². The number of nitrogens with zero attached hydrogens (tertiary/aromatic N) is 1. The molecule has 2 nitrogen and oxygen atoms in total. The Labute approximate surface area is 110 Å². The third-order valence-corrected chi connectivity index (χ3v) is 6.32. The molecule has 0 saturated heterocycles. The Morgan fingerprint density at radius 2 is 1.94 bits per heavy atom. The quantitative estimate of drug-likeness (QED) is 0.830. The molecular formula is C14H26N2S. The topological polar surface area (TPSA) is 24.4 Å². The largest absolute Gasteiger partial charge is 0.365 e. The molecule has 0 aromatic rings. The van der Waals surface area contributed by atoms with Gasteiger partial charge in [-0.3, -0.25) is 4.99 Å². The summed E-state index contributed by atoms with van der Waals surface area (Å²) in [7, 11) is 0. The van der Waals surface area contributed by atoms with E-state index in [2.05, 4.69) is 44.9 Å². The van der Waals surface area contributed by atoms with E-state index >= 15 is 0 Å². The Morgan fingerprint density at radius 1 is 1.29 bits per heavy atom. The second kappa shape index (κ2) is 4.49. The van der Waals surface area contributed by atoms with Crippen molar-refractivity contribution in [3.05, 3.63) is 0 Å². The lowest BCUT2D eigenvalue weighted by atomic mass is 10.0. The number of aliphatic imine (C=N–C) groups is 1. The van der Waals surface area contributed by atoms with Gasteiger partial charge in [0.25, 0.3) is 0 Å². The molecule has 2 rings (SSSR count). The molecule has 1 N–H and O–H groups in total. The highest BCUT2D eigenvalue weighted by molar-refractivity contribution is 8.14. The first-order valence-electron chi connectivity index (χ1n) is 6.84. The molecule has 1 unspecified atom stereocenters. The van der Waals surface area contributed by atoms with Crippen molar-refractivity contribution in [2.24, 2.45) is 21.7 Å². The second-order valence-corrected chi connectivity index (χ2v) is 7.84. The van der Waals surface area contributed by atoms with Crippen LogP contribution in [-0.4, -0.2) is 23.5 Å². The molecular weight excluding hydrogens is 228 g/mol. The zero-order valence-corrected chi connectivity index (χ0v) is 12.7. The van der Waals surface area contributed by atoms with Gasteiger partial charge in [0, 0.05) is 11.8 Å². The molecule has 0 aromatic carbocycles. The summed E-state index contributed by atoms with van der Waals surface area (Å²) in [5.74, 6) is 0.781. The normalized spacial score (nSPS) is 30.2. The van der Waals surface area contributed by atoms with Gasteiger partial charge in [0.2, 0.25) is 0 Å². The van der Waals surface area contributed by atoms with Crippen LogP contribution in [0.2, 0.25) is 0 Å². The van der Waals surface area contributed by atoms with Gasteiger partial charge in [0.1, 0.15) is 0 Å². The summed E-state index contributed by atoms with van der Waals surface area (Å²) in [5.41, 5.74) is 0.958. The third kappa shape index (κ3) is 2.35. The standard InChI is InChI=1S/C14H26N2S/c1-6-7-10-8-15-12(17-10)16-9-11-13(2,3)14(11,4)5/h10-11H,6-9H2,1-5H3,(H,15,16). The summed E-state index contributed by atoms with van der Waals surface area (Å²) in [6.45, 7) is 13.9. The molecule has 1 atom stereocenters. The van der Waals surface area contributed by atoms with Gasteiger partial charge in [-0.15, -0.1) is 0 Å². The smallest absolute Gasteiger partial charge is 0.156 e. The summed E-state index contributed by atoms with van der Waals surface area (Å²) in [4.78, 5) is 4.60. The number of thioether (sulfide) groups is 1. The Balaban J connectivity index is 1.75. The summed E-state index contributed by atoms with van der Waals surface area (Å²) < 4.78 is 0. The van der Waals surface area contributed by atoms with Crippen LogP contribution in [0.4, 0.5) is 0 Å². The van der Waals surface area contributed by atoms with Crippen LogP contribution >= 0.6 is 11.8 Å². The van der Waals surface area contributed by atoms with E-state index in [0.29, 0.717) is 10.8 Å². The monoisotopic (exact) mass is 254 g/mol. The molecule has 0 aromatic heterocycles. The first-order valence-corrected chi connectivity index (χ1v) is 7.72. The maximum absolute atomic E-state index is 4.60. The minimum atomic E-state index is 0.479. The lowest BCUT2D eigenvalue weighted by Gasteiger charge is -2.08. The minimum absolute atomic E-state index is 0.479. The Morgan fingerprint density at radius 3 is 2.47 bits per heavy atom. The molecule has 0 bridgehead atoms. The fourth-order valence-corrected chi connectivity index (χ4v) is 4.15. The van der Waals surface area contributed by atoms with E-state index in [1.165, 1.54) is 18.0 Å². The predicted molar refractivity (Wildman–Crippen MR) is 77.6 cm³/mol. The van der Waals surface area contributed by atoms with E-state index in [9.17, 15) is 0 Å². The van der Waals surface area contributed by atoms with Crippen molar-refractivity contribution in [2.45, 2.75) is 52.7 Å². The highest BCUT2D eigenvalue weighted by atomic mass is 32.2. The van der Waals surface area contributed by atoms with Crippen molar-refractivity contribution in [2.75, 3.05) is 13.1 Å². The number of rotatable bonds is 4. The van der Waals surface area contributed by atoms with E-state index in [0.717, 1.165) is 24.3 Å². The van der Waals surface area contributed by atoms with Gasteiger partial charge in [-0.05, 0) is 23.2 Å². The van der Waals surface area contributed by atoms with E-state index < -0.39 is 0 Å². The fourth-order valence-electron chi connectivity index (χ4n) is 3.02. The number of hydrogen-bond acceptors (Lipinski definition) is 3. The molecule has 1 saturated carbocycles. The van der Waals surface area contributed by atoms with Crippen molar-refractivity contribution >= 4 is 16.9 Å². The lowest BCUT2D eigenvalue weighted by molar-refractivity contribution is 0.457. The van der Waals surface area contributed by atoms with E-state index in [4.69, 9.17) is 0 Å². The van der Waals surface area contributed by atoms with Crippen LogP contribution in [0.15, 0.2) is 4.99 Å². The fraction of sp³-hybridized carbons (Fsp3) is 0.929. The van der Waals surface area contributed by atoms with Gasteiger partial charge in [-0.2, -0.15) is 0 Å². The van der Waals surface area contributed by atoms with Gasteiger partial charge in [0.15, 0.2) is 5.17 Å². The minimum Gasteiger partial charge on any atom is -0.365 e. The Hall–Kier alpha value is -0.180. The molecule has 98 valence electrons. The number of nitrogens with one attached hydrogen (secondary N) is 1. The van der Waals surface area contributed by atoms with Crippen LogP contribution in [0.1, 0.15) is 47.5 Å². The van der Waals surface area contributed by atoms with E-state index in [1.54, 1.807) is 0 Å². The Bertz CT molecular complexity index is 306. The molecule has 2 aliphatic rings. The van der Waals surface area contributed by atoms with Gasteiger partial charge in [-0.25, -0.2) is 0 Å². The maximum atomic E-state index is 4.60. The molecule has 17 heavy (non-hydrogen) atoms. The summed E-state index contributed by atoms with van der Waals surface area (Å²) in [6, 6.07) is 0. The van der Waals surface area contributed by atoms with Gasteiger partial charge >= 0.3 is 0 Å². The maximum Gasteiger partial charge on any atom is 0.156 e. The molecule has 1 aliphatic heterocycles. The van der Waals surface area contributed by atoms with Crippen LogP contribution in [0.3, 0.4) is 0 Å². The molecule has 3 heteroatoms.